The predicted octanol–water partition coefficient (Wildman–Crippen LogP) is 2.72. The third-order valence-electron chi connectivity index (χ3n) is 4.06. The minimum absolute atomic E-state index is 0.0686. The average molecular weight is 286 g/mol. The number of amides is 1. The van der Waals surface area contributed by atoms with Gasteiger partial charge in [0.2, 0.25) is 5.91 Å². The number of nitrogens with one attached hydrogen (secondary N) is 1. The zero-order valence-corrected chi connectivity index (χ0v) is 12.6. The molecule has 1 unspecified atom stereocenters. The van der Waals surface area contributed by atoms with Crippen molar-refractivity contribution in [2.45, 2.75) is 44.9 Å². The zero-order valence-electron chi connectivity index (χ0n) is 12.6. The predicted molar refractivity (Wildman–Crippen MR) is 83.1 cm³/mol. The minimum Gasteiger partial charge on any atom is -0.375 e. The van der Waals surface area contributed by atoms with Crippen LogP contribution in [0.3, 0.4) is 0 Å². The van der Waals surface area contributed by atoms with Gasteiger partial charge < -0.3 is 14.6 Å². The number of hydrogen-bond donors (Lipinski definition) is 1. The van der Waals surface area contributed by atoms with Gasteiger partial charge in [0.05, 0.1) is 5.60 Å². The van der Waals surface area contributed by atoms with Crippen LogP contribution in [0.2, 0.25) is 0 Å². The SMILES string of the molecule is CC1(C)CC(NC(=O)Cn2ccc3ccccc32)CCO1. The number of nitrogens with zero attached hydrogens (tertiary/aromatic N) is 1. The maximum absolute atomic E-state index is 12.3. The quantitative estimate of drug-likeness (QED) is 0.942. The van der Waals surface area contributed by atoms with Crippen LogP contribution in [0.15, 0.2) is 36.5 Å². The maximum Gasteiger partial charge on any atom is 0.240 e. The highest BCUT2D eigenvalue weighted by Gasteiger charge is 2.29. The summed E-state index contributed by atoms with van der Waals surface area (Å²) in [6.45, 7) is 5.23. The molecule has 2 heterocycles. The van der Waals surface area contributed by atoms with E-state index in [1.54, 1.807) is 0 Å². The molecule has 21 heavy (non-hydrogen) atoms. The van der Waals surface area contributed by atoms with Gasteiger partial charge in [0.1, 0.15) is 6.54 Å². The number of carbonyl (C=O) groups is 1. The average Bonchev–Trinajstić information content (AvgIpc) is 2.81. The molecule has 0 bridgehead atoms. The van der Waals surface area contributed by atoms with Crippen molar-refractivity contribution in [3.63, 3.8) is 0 Å². The molecule has 4 heteroatoms. The van der Waals surface area contributed by atoms with Crippen molar-refractivity contribution in [3.05, 3.63) is 36.5 Å². The first-order valence-electron chi connectivity index (χ1n) is 7.51. The van der Waals surface area contributed by atoms with Gasteiger partial charge in [-0.05, 0) is 44.2 Å². The first-order valence-corrected chi connectivity index (χ1v) is 7.51. The van der Waals surface area contributed by atoms with Crippen LogP contribution in [-0.2, 0) is 16.1 Å². The van der Waals surface area contributed by atoms with Crippen molar-refractivity contribution in [2.75, 3.05) is 6.61 Å². The van der Waals surface area contributed by atoms with Gasteiger partial charge in [-0.15, -0.1) is 0 Å². The van der Waals surface area contributed by atoms with Crippen LogP contribution in [0.5, 0.6) is 0 Å². The van der Waals surface area contributed by atoms with E-state index in [1.807, 2.05) is 35.0 Å². The van der Waals surface area contributed by atoms with E-state index in [0.717, 1.165) is 23.7 Å². The molecule has 1 N–H and O–H groups in total. The monoisotopic (exact) mass is 286 g/mol. The molecule has 0 spiro atoms. The second kappa shape index (κ2) is 5.53. The summed E-state index contributed by atoms with van der Waals surface area (Å²) in [6, 6.07) is 10.4. The van der Waals surface area contributed by atoms with Crippen molar-refractivity contribution in [2.24, 2.45) is 0 Å². The molecule has 1 aliphatic rings. The van der Waals surface area contributed by atoms with E-state index in [9.17, 15) is 4.79 Å². The number of hydrogen-bond acceptors (Lipinski definition) is 2. The number of fused-ring (bicyclic) bond motifs is 1. The molecule has 1 saturated heterocycles. The van der Waals surface area contributed by atoms with Crippen LogP contribution in [0.4, 0.5) is 0 Å². The lowest BCUT2D eigenvalue weighted by Crippen LogP contribution is -2.46. The van der Waals surface area contributed by atoms with Gasteiger partial charge in [-0.1, -0.05) is 18.2 Å². The molecule has 0 aliphatic carbocycles. The standard InChI is InChI=1S/C17H22N2O2/c1-17(2)11-14(8-10-21-17)18-16(20)12-19-9-7-13-5-3-4-6-15(13)19/h3-7,9,14H,8,10-12H2,1-2H3,(H,18,20). The minimum atomic E-state index is -0.143. The summed E-state index contributed by atoms with van der Waals surface area (Å²) in [5, 5.41) is 4.30. The molecule has 1 aliphatic heterocycles. The lowest BCUT2D eigenvalue weighted by molar-refractivity contribution is -0.124. The first-order chi connectivity index (χ1) is 10.0. The number of ether oxygens (including phenoxy) is 1. The van der Waals surface area contributed by atoms with E-state index in [1.165, 1.54) is 0 Å². The number of benzene rings is 1. The fourth-order valence-corrected chi connectivity index (χ4v) is 3.06. The Morgan fingerprint density at radius 2 is 2.19 bits per heavy atom. The van der Waals surface area contributed by atoms with Crippen LogP contribution in [0.25, 0.3) is 10.9 Å². The van der Waals surface area contributed by atoms with Crippen LogP contribution in [0.1, 0.15) is 26.7 Å². The molecule has 1 aromatic carbocycles. The van der Waals surface area contributed by atoms with Gasteiger partial charge >= 0.3 is 0 Å². The fourth-order valence-electron chi connectivity index (χ4n) is 3.06. The Balaban J connectivity index is 1.64. The maximum atomic E-state index is 12.3. The van der Waals surface area contributed by atoms with Crippen LogP contribution in [0, 0.1) is 0 Å². The number of rotatable bonds is 3. The largest absolute Gasteiger partial charge is 0.375 e. The van der Waals surface area contributed by atoms with E-state index < -0.39 is 0 Å². The Labute approximate surface area is 125 Å². The zero-order chi connectivity index (χ0) is 14.9. The second-order valence-electron chi connectivity index (χ2n) is 6.37. The van der Waals surface area contributed by atoms with Gasteiger partial charge in [-0.2, -0.15) is 0 Å². The molecule has 0 radical (unpaired) electrons. The molecule has 3 rings (SSSR count). The summed E-state index contributed by atoms with van der Waals surface area (Å²) in [6.07, 6.45) is 3.73. The van der Waals surface area contributed by atoms with Crippen molar-refractivity contribution >= 4 is 16.8 Å². The number of aromatic nitrogens is 1. The molecule has 1 fully saturated rings. The Hall–Kier alpha value is -1.81. The van der Waals surface area contributed by atoms with E-state index in [0.29, 0.717) is 13.2 Å². The molecule has 1 aromatic heterocycles. The van der Waals surface area contributed by atoms with Crippen molar-refractivity contribution in [1.82, 2.24) is 9.88 Å². The Morgan fingerprint density at radius 3 is 3.00 bits per heavy atom. The van der Waals surface area contributed by atoms with E-state index in [4.69, 9.17) is 4.74 Å². The van der Waals surface area contributed by atoms with Crippen LogP contribution < -0.4 is 5.32 Å². The molecular weight excluding hydrogens is 264 g/mol. The van der Waals surface area contributed by atoms with Crippen LogP contribution in [-0.4, -0.2) is 28.7 Å². The molecule has 0 saturated carbocycles. The fraction of sp³-hybridized carbons (Fsp3) is 0.471. The smallest absolute Gasteiger partial charge is 0.240 e. The Kier molecular flexibility index (Phi) is 3.72. The van der Waals surface area contributed by atoms with Crippen molar-refractivity contribution in [3.8, 4) is 0 Å². The third-order valence-corrected chi connectivity index (χ3v) is 4.06. The highest BCUT2D eigenvalue weighted by Crippen LogP contribution is 2.24. The number of carbonyl (C=O) groups excluding carboxylic acids is 1. The molecule has 112 valence electrons. The highest BCUT2D eigenvalue weighted by molar-refractivity contribution is 5.83. The summed E-state index contributed by atoms with van der Waals surface area (Å²) in [5.74, 6) is 0.0686. The molecular formula is C17H22N2O2. The third kappa shape index (κ3) is 3.27. The molecule has 1 atom stereocenters. The highest BCUT2D eigenvalue weighted by atomic mass is 16.5. The van der Waals surface area contributed by atoms with E-state index in [2.05, 4.69) is 25.2 Å². The second-order valence-corrected chi connectivity index (χ2v) is 6.37. The number of para-hydroxylation sites is 1. The normalized spacial score (nSPS) is 21.3. The molecule has 2 aromatic rings. The summed E-state index contributed by atoms with van der Waals surface area (Å²) in [5.41, 5.74) is 0.955. The van der Waals surface area contributed by atoms with Crippen molar-refractivity contribution < 1.29 is 9.53 Å². The topological polar surface area (TPSA) is 43.3 Å². The Bertz CT molecular complexity index is 645. The summed E-state index contributed by atoms with van der Waals surface area (Å²) >= 11 is 0. The summed E-state index contributed by atoms with van der Waals surface area (Å²) in [4.78, 5) is 12.3. The molecule has 1 amide bonds. The first kappa shape index (κ1) is 14.1. The summed E-state index contributed by atoms with van der Waals surface area (Å²) in [7, 11) is 0. The van der Waals surface area contributed by atoms with Crippen LogP contribution >= 0.6 is 0 Å². The summed E-state index contributed by atoms with van der Waals surface area (Å²) < 4.78 is 7.68. The Morgan fingerprint density at radius 1 is 1.38 bits per heavy atom. The van der Waals surface area contributed by atoms with E-state index >= 15 is 0 Å². The van der Waals surface area contributed by atoms with Gasteiger partial charge in [0.25, 0.3) is 0 Å². The van der Waals surface area contributed by atoms with Gasteiger partial charge in [0.15, 0.2) is 0 Å². The van der Waals surface area contributed by atoms with Crippen molar-refractivity contribution in [1.29, 1.82) is 0 Å². The van der Waals surface area contributed by atoms with Gasteiger partial charge in [-0.3, -0.25) is 4.79 Å². The van der Waals surface area contributed by atoms with Gasteiger partial charge in [0, 0.05) is 24.4 Å². The lowest BCUT2D eigenvalue weighted by Gasteiger charge is -2.35. The molecule has 4 nitrogen and oxygen atoms in total. The van der Waals surface area contributed by atoms with Gasteiger partial charge in [-0.25, -0.2) is 0 Å². The lowest BCUT2D eigenvalue weighted by atomic mass is 9.94. The van der Waals surface area contributed by atoms with E-state index in [-0.39, 0.29) is 17.6 Å².